The number of carbonyl (C=O) groups excluding carboxylic acids is 1. The van der Waals surface area contributed by atoms with Crippen molar-refractivity contribution >= 4 is 11.9 Å². The Balaban J connectivity index is 1.52. The highest BCUT2D eigenvalue weighted by molar-refractivity contribution is 5.86. The highest BCUT2D eigenvalue weighted by atomic mass is 16.5. The fourth-order valence-corrected chi connectivity index (χ4v) is 3.88. The number of nitrogens with one attached hydrogen (secondary N) is 2. The second kappa shape index (κ2) is 12.7. The van der Waals surface area contributed by atoms with Crippen molar-refractivity contribution in [3.63, 3.8) is 0 Å². The van der Waals surface area contributed by atoms with E-state index in [0.717, 1.165) is 44.5 Å². The molecule has 0 spiro atoms. The third-order valence-corrected chi connectivity index (χ3v) is 5.95. The lowest BCUT2D eigenvalue weighted by atomic mass is 9.96. The van der Waals surface area contributed by atoms with Crippen molar-refractivity contribution in [2.24, 2.45) is 4.99 Å². The van der Waals surface area contributed by atoms with Gasteiger partial charge in [0.1, 0.15) is 0 Å². The lowest BCUT2D eigenvalue weighted by Crippen LogP contribution is -2.47. The van der Waals surface area contributed by atoms with E-state index in [1.54, 1.807) is 19.0 Å². The van der Waals surface area contributed by atoms with Gasteiger partial charge in [-0.05, 0) is 36.8 Å². The Kier molecular flexibility index (Phi) is 9.62. The van der Waals surface area contributed by atoms with Crippen LogP contribution in [-0.2, 0) is 27.4 Å². The third-order valence-electron chi connectivity index (χ3n) is 5.95. The first kappa shape index (κ1) is 23.5. The van der Waals surface area contributed by atoms with Crippen molar-refractivity contribution in [2.75, 3.05) is 33.9 Å². The van der Waals surface area contributed by atoms with Crippen LogP contribution in [0.5, 0.6) is 0 Å². The summed E-state index contributed by atoms with van der Waals surface area (Å²) < 4.78 is 11.4. The standard InChI is InChI=1S/C24H38N4O3/c1-28(2)23(29)17-26-24(27-21-6-4-3-5-7-21)25-16-19-8-10-20(11-9-19)18-31-22-12-14-30-15-13-22/h8-11,21-22H,3-7,12-18H2,1-2H3,(H2,25,26,27). The number of benzene rings is 1. The molecule has 0 radical (unpaired) electrons. The number of rotatable bonds is 8. The molecule has 7 heteroatoms. The molecule has 0 aromatic heterocycles. The van der Waals surface area contributed by atoms with Gasteiger partial charge in [-0.1, -0.05) is 43.5 Å². The summed E-state index contributed by atoms with van der Waals surface area (Å²) in [5.74, 6) is 0.751. The minimum absolute atomic E-state index is 0.0343. The van der Waals surface area contributed by atoms with Crippen LogP contribution in [0.4, 0.5) is 0 Å². The van der Waals surface area contributed by atoms with Crippen molar-refractivity contribution < 1.29 is 14.3 Å². The van der Waals surface area contributed by atoms with Crippen LogP contribution in [0.15, 0.2) is 29.3 Å². The number of amides is 1. The molecule has 1 saturated heterocycles. The maximum Gasteiger partial charge on any atom is 0.241 e. The second-order valence-electron chi connectivity index (χ2n) is 8.73. The maximum atomic E-state index is 12.0. The molecule has 1 amide bonds. The second-order valence-corrected chi connectivity index (χ2v) is 8.73. The number of carbonyl (C=O) groups is 1. The van der Waals surface area contributed by atoms with Gasteiger partial charge in [-0.15, -0.1) is 0 Å². The number of likely N-dealkylation sites (N-methyl/N-ethyl adjacent to an activating group) is 1. The summed E-state index contributed by atoms with van der Waals surface area (Å²) in [6.45, 7) is 3.05. The van der Waals surface area contributed by atoms with Crippen LogP contribution in [0.3, 0.4) is 0 Å². The van der Waals surface area contributed by atoms with E-state index in [0.29, 0.717) is 31.3 Å². The normalized spacial score (nSPS) is 18.6. The summed E-state index contributed by atoms with van der Waals surface area (Å²) in [4.78, 5) is 18.3. The molecule has 2 N–H and O–H groups in total. The van der Waals surface area contributed by atoms with Crippen molar-refractivity contribution in [3.8, 4) is 0 Å². The van der Waals surface area contributed by atoms with Gasteiger partial charge in [0.15, 0.2) is 5.96 Å². The Morgan fingerprint density at radius 2 is 1.74 bits per heavy atom. The topological polar surface area (TPSA) is 75.2 Å². The maximum absolute atomic E-state index is 12.0. The van der Waals surface area contributed by atoms with Crippen LogP contribution in [0.25, 0.3) is 0 Å². The third kappa shape index (κ3) is 8.50. The van der Waals surface area contributed by atoms with E-state index in [9.17, 15) is 4.79 Å². The Morgan fingerprint density at radius 1 is 1.06 bits per heavy atom. The Labute approximate surface area is 186 Å². The molecule has 3 rings (SSSR count). The van der Waals surface area contributed by atoms with Gasteiger partial charge in [-0.25, -0.2) is 4.99 Å². The van der Waals surface area contributed by atoms with E-state index < -0.39 is 0 Å². The molecule has 0 bridgehead atoms. The van der Waals surface area contributed by atoms with E-state index in [1.165, 1.54) is 24.8 Å². The van der Waals surface area contributed by atoms with Crippen LogP contribution < -0.4 is 10.6 Å². The van der Waals surface area contributed by atoms with Crippen LogP contribution in [0.1, 0.15) is 56.1 Å². The summed E-state index contributed by atoms with van der Waals surface area (Å²) >= 11 is 0. The number of aliphatic imine (C=N–C) groups is 1. The predicted octanol–water partition coefficient (Wildman–Crippen LogP) is 2.84. The summed E-state index contributed by atoms with van der Waals surface area (Å²) in [7, 11) is 3.53. The Bertz CT molecular complexity index is 693. The SMILES string of the molecule is CN(C)C(=O)CNC(=NCc1ccc(COC2CCOCC2)cc1)NC1CCCCC1. The molecule has 1 aliphatic heterocycles. The van der Waals surface area contributed by atoms with Crippen LogP contribution in [0, 0.1) is 0 Å². The van der Waals surface area contributed by atoms with Crippen molar-refractivity contribution in [1.29, 1.82) is 0 Å². The van der Waals surface area contributed by atoms with Gasteiger partial charge in [0.25, 0.3) is 0 Å². The van der Waals surface area contributed by atoms with Gasteiger partial charge in [0.2, 0.25) is 5.91 Å². The molecule has 172 valence electrons. The summed E-state index contributed by atoms with van der Waals surface area (Å²) in [6, 6.07) is 8.87. The van der Waals surface area contributed by atoms with E-state index in [-0.39, 0.29) is 12.5 Å². The molecule has 1 saturated carbocycles. The molecule has 1 aromatic rings. The van der Waals surface area contributed by atoms with E-state index in [1.807, 2.05) is 0 Å². The first-order valence-corrected chi connectivity index (χ1v) is 11.6. The lowest BCUT2D eigenvalue weighted by molar-refractivity contribution is -0.127. The molecule has 2 aliphatic rings. The molecule has 31 heavy (non-hydrogen) atoms. The van der Waals surface area contributed by atoms with E-state index in [2.05, 4.69) is 34.9 Å². The summed E-state index contributed by atoms with van der Waals surface area (Å²) in [5, 5.41) is 6.73. The van der Waals surface area contributed by atoms with Crippen LogP contribution in [0.2, 0.25) is 0 Å². The Hall–Kier alpha value is -2.12. The fourth-order valence-electron chi connectivity index (χ4n) is 3.88. The van der Waals surface area contributed by atoms with Crippen LogP contribution >= 0.6 is 0 Å². The molecule has 0 atom stereocenters. The predicted molar refractivity (Wildman–Crippen MR) is 123 cm³/mol. The molecular weight excluding hydrogens is 392 g/mol. The summed E-state index contributed by atoms with van der Waals surface area (Å²) in [5.41, 5.74) is 2.31. The first-order chi connectivity index (χ1) is 15.1. The number of ether oxygens (including phenoxy) is 2. The minimum Gasteiger partial charge on any atom is -0.381 e. The lowest BCUT2D eigenvalue weighted by Gasteiger charge is -2.25. The van der Waals surface area contributed by atoms with E-state index >= 15 is 0 Å². The fraction of sp³-hybridized carbons (Fsp3) is 0.667. The quantitative estimate of drug-likeness (QED) is 0.490. The zero-order valence-electron chi connectivity index (χ0n) is 19.1. The van der Waals surface area contributed by atoms with Crippen molar-refractivity contribution in [2.45, 2.75) is 70.2 Å². The van der Waals surface area contributed by atoms with Gasteiger partial charge in [0, 0.05) is 33.4 Å². The smallest absolute Gasteiger partial charge is 0.241 e. The molecule has 1 aromatic carbocycles. The monoisotopic (exact) mass is 430 g/mol. The molecule has 1 heterocycles. The molecule has 0 unspecified atom stereocenters. The number of hydrogen-bond acceptors (Lipinski definition) is 4. The molecule has 1 aliphatic carbocycles. The van der Waals surface area contributed by atoms with E-state index in [4.69, 9.17) is 14.5 Å². The average molecular weight is 431 g/mol. The molecular formula is C24H38N4O3. The highest BCUT2D eigenvalue weighted by Crippen LogP contribution is 2.17. The number of guanidine groups is 1. The van der Waals surface area contributed by atoms with Gasteiger partial charge in [0.05, 0.1) is 25.8 Å². The minimum atomic E-state index is 0.0343. The molecule has 7 nitrogen and oxygen atoms in total. The van der Waals surface area contributed by atoms with Gasteiger partial charge >= 0.3 is 0 Å². The van der Waals surface area contributed by atoms with Crippen LogP contribution in [-0.4, -0.2) is 62.8 Å². The zero-order valence-corrected chi connectivity index (χ0v) is 19.1. The Morgan fingerprint density at radius 3 is 2.42 bits per heavy atom. The summed E-state index contributed by atoms with van der Waals surface area (Å²) in [6.07, 6.45) is 8.38. The van der Waals surface area contributed by atoms with Gasteiger partial charge in [-0.3, -0.25) is 4.79 Å². The van der Waals surface area contributed by atoms with Gasteiger partial charge in [-0.2, -0.15) is 0 Å². The highest BCUT2D eigenvalue weighted by Gasteiger charge is 2.16. The molecule has 2 fully saturated rings. The average Bonchev–Trinajstić information content (AvgIpc) is 2.81. The number of nitrogens with zero attached hydrogens (tertiary/aromatic N) is 2. The van der Waals surface area contributed by atoms with Crippen molar-refractivity contribution in [3.05, 3.63) is 35.4 Å². The zero-order chi connectivity index (χ0) is 21.9. The van der Waals surface area contributed by atoms with Gasteiger partial charge < -0.3 is 25.0 Å². The first-order valence-electron chi connectivity index (χ1n) is 11.6. The van der Waals surface area contributed by atoms with Crippen molar-refractivity contribution in [1.82, 2.24) is 15.5 Å². The largest absolute Gasteiger partial charge is 0.381 e. The number of hydrogen-bond donors (Lipinski definition) is 2.